The zero-order valence-corrected chi connectivity index (χ0v) is 16.6. The maximum atomic E-state index is 13.2. The Bertz CT molecular complexity index is 1030. The number of hydrogen-bond acceptors (Lipinski definition) is 5. The highest BCUT2D eigenvalue weighted by Gasteiger charge is 2.34. The molecule has 0 spiro atoms. The first-order valence-corrected chi connectivity index (χ1v) is 10.4. The molecule has 0 aliphatic carbocycles. The van der Waals surface area contributed by atoms with Crippen molar-refractivity contribution in [3.63, 3.8) is 0 Å². The number of carbonyl (C=O) groups is 1. The fourth-order valence-electron chi connectivity index (χ4n) is 2.98. The number of alkyl halides is 3. The summed E-state index contributed by atoms with van der Waals surface area (Å²) in [7, 11) is -2.71. The van der Waals surface area contributed by atoms with Gasteiger partial charge in [0.15, 0.2) is 0 Å². The Morgan fingerprint density at radius 2 is 1.93 bits per heavy atom. The van der Waals surface area contributed by atoms with E-state index in [2.05, 4.69) is 10.0 Å². The molecule has 1 atom stereocenters. The summed E-state index contributed by atoms with van der Waals surface area (Å²) in [6, 6.07) is 7.66. The highest BCUT2D eigenvalue weighted by molar-refractivity contribution is 7.89. The molecule has 1 fully saturated rings. The van der Waals surface area contributed by atoms with Crippen LogP contribution in [0.3, 0.4) is 0 Å². The second-order valence-corrected chi connectivity index (χ2v) is 8.26. The molecule has 30 heavy (non-hydrogen) atoms. The van der Waals surface area contributed by atoms with E-state index in [4.69, 9.17) is 9.47 Å². The molecule has 7 nitrogen and oxygen atoms in total. The van der Waals surface area contributed by atoms with Crippen LogP contribution < -0.4 is 14.8 Å². The van der Waals surface area contributed by atoms with E-state index in [1.54, 1.807) is 0 Å². The molecular formula is C19H19F3N2O5S. The number of para-hydroxylation sites is 1. The van der Waals surface area contributed by atoms with E-state index in [1.165, 1.54) is 31.4 Å². The van der Waals surface area contributed by atoms with Gasteiger partial charge in [-0.25, -0.2) is 13.1 Å². The van der Waals surface area contributed by atoms with Gasteiger partial charge in [0, 0.05) is 12.6 Å². The second kappa shape index (κ2) is 8.62. The molecule has 0 unspecified atom stereocenters. The van der Waals surface area contributed by atoms with Crippen molar-refractivity contribution in [1.82, 2.24) is 4.72 Å². The summed E-state index contributed by atoms with van der Waals surface area (Å²) in [6.07, 6.45) is -4.16. The summed E-state index contributed by atoms with van der Waals surface area (Å²) in [6.45, 7) is 0.666. The number of anilines is 1. The molecule has 0 aromatic heterocycles. The fourth-order valence-corrected chi connectivity index (χ4v) is 4.26. The predicted molar refractivity (Wildman–Crippen MR) is 102 cm³/mol. The van der Waals surface area contributed by atoms with Gasteiger partial charge in [0.1, 0.15) is 5.75 Å². The van der Waals surface area contributed by atoms with Gasteiger partial charge < -0.3 is 14.8 Å². The molecule has 2 aromatic rings. The van der Waals surface area contributed by atoms with Crippen LogP contribution in [0.15, 0.2) is 47.4 Å². The number of nitrogens with one attached hydrogen (secondary N) is 2. The number of amides is 1. The van der Waals surface area contributed by atoms with E-state index < -0.39 is 39.4 Å². The Morgan fingerprint density at radius 1 is 1.20 bits per heavy atom. The molecule has 11 heteroatoms. The lowest BCUT2D eigenvalue weighted by Crippen LogP contribution is -2.35. The summed E-state index contributed by atoms with van der Waals surface area (Å²) in [4.78, 5) is 12.5. The van der Waals surface area contributed by atoms with Crippen LogP contribution in [0.4, 0.5) is 18.9 Å². The van der Waals surface area contributed by atoms with Gasteiger partial charge in [-0.3, -0.25) is 4.79 Å². The molecule has 0 saturated carbocycles. The van der Waals surface area contributed by atoms with Crippen LogP contribution in [0, 0.1) is 0 Å². The first-order chi connectivity index (χ1) is 14.1. The molecule has 1 saturated heterocycles. The Labute approximate surface area is 171 Å². The number of halogens is 3. The normalized spacial score (nSPS) is 17.0. The molecule has 1 heterocycles. The van der Waals surface area contributed by atoms with Crippen LogP contribution in [-0.4, -0.2) is 40.7 Å². The van der Waals surface area contributed by atoms with Gasteiger partial charge in [0.25, 0.3) is 5.91 Å². The van der Waals surface area contributed by atoms with Crippen molar-refractivity contribution in [3.05, 3.63) is 53.6 Å². The average molecular weight is 444 g/mol. The molecule has 162 valence electrons. The van der Waals surface area contributed by atoms with E-state index >= 15 is 0 Å². The monoisotopic (exact) mass is 444 g/mol. The molecule has 1 aliphatic rings. The van der Waals surface area contributed by atoms with Crippen molar-refractivity contribution in [3.8, 4) is 5.75 Å². The largest absolute Gasteiger partial charge is 0.496 e. The van der Waals surface area contributed by atoms with E-state index in [-0.39, 0.29) is 22.8 Å². The van der Waals surface area contributed by atoms with Crippen molar-refractivity contribution >= 4 is 21.6 Å². The maximum absolute atomic E-state index is 13.2. The molecule has 2 aromatic carbocycles. The minimum atomic E-state index is -4.67. The van der Waals surface area contributed by atoms with E-state index in [0.29, 0.717) is 13.0 Å². The summed E-state index contributed by atoms with van der Waals surface area (Å²) in [5.74, 6) is -0.926. The Kier molecular flexibility index (Phi) is 6.34. The molecular weight excluding hydrogens is 425 g/mol. The SMILES string of the molecule is COc1ccc(S(=O)(=O)N[C@H]2CCOC2)cc1C(=O)Nc1ccccc1C(F)(F)F. The van der Waals surface area contributed by atoms with E-state index in [0.717, 1.165) is 18.2 Å². The minimum absolute atomic E-state index is 0.0140. The summed E-state index contributed by atoms with van der Waals surface area (Å²) >= 11 is 0. The van der Waals surface area contributed by atoms with Gasteiger partial charge in [-0.2, -0.15) is 13.2 Å². The van der Waals surface area contributed by atoms with Crippen molar-refractivity contribution in [1.29, 1.82) is 0 Å². The van der Waals surface area contributed by atoms with Crippen LogP contribution in [0.2, 0.25) is 0 Å². The van der Waals surface area contributed by atoms with Gasteiger partial charge in [-0.1, -0.05) is 12.1 Å². The van der Waals surface area contributed by atoms with Crippen LogP contribution in [0.1, 0.15) is 22.3 Å². The minimum Gasteiger partial charge on any atom is -0.496 e. The molecule has 1 amide bonds. The van der Waals surface area contributed by atoms with Crippen LogP contribution in [-0.2, 0) is 20.9 Å². The Hall–Kier alpha value is -2.63. The van der Waals surface area contributed by atoms with Gasteiger partial charge in [0.05, 0.1) is 35.4 Å². The quantitative estimate of drug-likeness (QED) is 0.715. The lowest BCUT2D eigenvalue weighted by Gasteiger charge is -2.16. The maximum Gasteiger partial charge on any atom is 0.418 e. The van der Waals surface area contributed by atoms with E-state index in [1.807, 2.05) is 0 Å². The Morgan fingerprint density at radius 3 is 2.57 bits per heavy atom. The van der Waals surface area contributed by atoms with Gasteiger partial charge in [-0.05, 0) is 36.8 Å². The lowest BCUT2D eigenvalue weighted by molar-refractivity contribution is -0.136. The zero-order valence-electron chi connectivity index (χ0n) is 15.8. The van der Waals surface area contributed by atoms with Gasteiger partial charge in [0.2, 0.25) is 10.0 Å². The second-order valence-electron chi connectivity index (χ2n) is 6.54. The zero-order chi connectivity index (χ0) is 21.9. The number of methoxy groups -OCH3 is 1. The van der Waals surface area contributed by atoms with Crippen molar-refractivity contribution in [2.24, 2.45) is 0 Å². The summed E-state index contributed by atoms with van der Waals surface area (Å²) in [5, 5.41) is 2.19. The standard InChI is InChI=1S/C19H19F3N2O5S/c1-28-17-7-6-13(30(26,27)24-12-8-9-29-11-12)10-14(17)18(25)23-16-5-3-2-4-15(16)19(20,21)22/h2-7,10,12,24H,8-9,11H2,1H3,(H,23,25)/t12-/m0/s1. The van der Waals surface area contributed by atoms with Gasteiger partial charge in [-0.15, -0.1) is 0 Å². The first kappa shape index (κ1) is 22.1. The van der Waals surface area contributed by atoms with Crippen molar-refractivity contribution in [2.45, 2.75) is 23.5 Å². The summed E-state index contributed by atoms with van der Waals surface area (Å²) < 4.78 is 77.5. The molecule has 3 rings (SSSR count). The Balaban J connectivity index is 1.92. The third kappa shape index (κ3) is 4.91. The predicted octanol–water partition coefficient (Wildman–Crippen LogP) is 3.03. The average Bonchev–Trinajstić information content (AvgIpc) is 3.19. The molecule has 0 bridgehead atoms. The lowest BCUT2D eigenvalue weighted by atomic mass is 10.1. The number of sulfonamides is 1. The topological polar surface area (TPSA) is 93.7 Å². The number of benzene rings is 2. The number of carbonyl (C=O) groups excluding carboxylic acids is 1. The van der Waals surface area contributed by atoms with Crippen LogP contribution >= 0.6 is 0 Å². The van der Waals surface area contributed by atoms with Crippen molar-refractivity contribution in [2.75, 3.05) is 25.6 Å². The van der Waals surface area contributed by atoms with Gasteiger partial charge >= 0.3 is 6.18 Å². The van der Waals surface area contributed by atoms with Crippen LogP contribution in [0.25, 0.3) is 0 Å². The van der Waals surface area contributed by atoms with Crippen molar-refractivity contribution < 1.29 is 35.9 Å². The summed E-state index contributed by atoms with van der Waals surface area (Å²) in [5.41, 5.74) is -1.70. The molecule has 1 aliphatic heterocycles. The number of rotatable bonds is 6. The van der Waals surface area contributed by atoms with Crippen LogP contribution in [0.5, 0.6) is 5.75 Å². The molecule has 0 radical (unpaired) electrons. The smallest absolute Gasteiger partial charge is 0.418 e. The highest BCUT2D eigenvalue weighted by atomic mass is 32.2. The van der Waals surface area contributed by atoms with E-state index in [9.17, 15) is 26.4 Å². The number of ether oxygens (including phenoxy) is 2. The first-order valence-electron chi connectivity index (χ1n) is 8.87. The molecule has 2 N–H and O–H groups in total. The number of hydrogen-bond donors (Lipinski definition) is 2. The highest BCUT2D eigenvalue weighted by Crippen LogP contribution is 2.35. The third-order valence-corrected chi connectivity index (χ3v) is 5.98. The fraction of sp³-hybridized carbons (Fsp3) is 0.316. The third-order valence-electron chi connectivity index (χ3n) is 4.46.